The van der Waals surface area contributed by atoms with Crippen LogP contribution in [0.5, 0.6) is 0 Å². The van der Waals surface area contributed by atoms with Crippen LogP contribution in [0.15, 0.2) is 47.1 Å². The molecule has 2 aromatic rings. The van der Waals surface area contributed by atoms with Crippen LogP contribution < -0.4 is 16.0 Å². The topological polar surface area (TPSA) is 100 Å². The molecular formula is C18H21N3O4. The second-order valence-corrected chi connectivity index (χ2v) is 5.75. The van der Waals surface area contributed by atoms with E-state index < -0.39 is 0 Å². The molecule has 0 saturated carbocycles. The first-order chi connectivity index (χ1) is 12.0. The van der Waals surface area contributed by atoms with Gasteiger partial charge in [-0.05, 0) is 36.4 Å². The van der Waals surface area contributed by atoms with Gasteiger partial charge in [0.15, 0.2) is 5.76 Å². The van der Waals surface area contributed by atoms with Crippen LogP contribution in [0.3, 0.4) is 0 Å². The summed E-state index contributed by atoms with van der Waals surface area (Å²) in [6, 6.07) is 10.0. The van der Waals surface area contributed by atoms with E-state index in [1.807, 2.05) is 13.8 Å². The molecular weight excluding hydrogens is 322 g/mol. The molecule has 0 bridgehead atoms. The van der Waals surface area contributed by atoms with Crippen molar-refractivity contribution in [1.29, 1.82) is 0 Å². The van der Waals surface area contributed by atoms with Crippen LogP contribution in [-0.2, 0) is 9.59 Å². The molecule has 3 amide bonds. The highest BCUT2D eigenvalue weighted by molar-refractivity contribution is 5.94. The standard InChI is InChI=1S/C18H21N3O4/c1-12(2)17(23)21-14-7-5-13(6-8-14)20-16(22)9-10-19-18(24)15-4-3-11-25-15/h3-8,11-12H,9-10H2,1-2H3,(H,19,24)(H,20,22)(H,21,23). The summed E-state index contributed by atoms with van der Waals surface area (Å²) in [4.78, 5) is 35.1. The van der Waals surface area contributed by atoms with Crippen LogP contribution in [0.1, 0.15) is 30.8 Å². The first kappa shape index (κ1) is 18.3. The third kappa shape index (κ3) is 5.80. The van der Waals surface area contributed by atoms with Gasteiger partial charge in [0, 0.05) is 30.3 Å². The van der Waals surface area contributed by atoms with Gasteiger partial charge in [-0.1, -0.05) is 13.8 Å². The van der Waals surface area contributed by atoms with Gasteiger partial charge in [-0.25, -0.2) is 0 Å². The highest BCUT2D eigenvalue weighted by Crippen LogP contribution is 2.14. The summed E-state index contributed by atoms with van der Waals surface area (Å²) in [7, 11) is 0. The van der Waals surface area contributed by atoms with E-state index in [1.165, 1.54) is 6.26 Å². The number of hydrogen-bond donors (Lipinski definition) is 3. The number of furan rings is 1. The Morgan fingerprint density at radius 3 is 2.20 bits per heavy atom. The van der Waals surface area contributed by atoms with Gasteiger partial charge in [-0.15, -0.1) is 0 Å². The summed E-state index contributed by atoms with van der Waals surface area (Å²) in [5, 5.41) is 8.10. The first-order valence-electron chi connectivity index (χ1n) is 7.98. The molecule has 0 radical (unpaired) electrons. The van der Waals surface area contributed by atoms with Gasteiger partial charge in [0.05, 0.1) is 6.26 Å². The lowest BCUT2D eigenvalue weighted by atomic mass is 10.2. The minimum atomic E-state index is -0.358. The zero-order valence-electron chi connectivity index (χ0n) is 14.2. The van der Waals surface area contributed by atoms with Gasteiger partial charge >= 0.3 is 0 Å². The number of hydrogen-bond acceptors (Lipinski definition) is 4. The molecule has 2 rings (SSSR count). The summed E-state index contributed by atoms with van der Waals surface area (Å²) >= 11 is 0. The van der Waals surface area contributed by atoms with Crippen LogP contribution in [0.4, 0.5) is 11.4 Å². The lowest BCUT2D eigenvalue weighted by Gasteiger charge is -2.09. The van der Waals surface area contributed by atoms with Crippen LogP contribution in [-0.4, -0.2) is 24.3 Å². The van der Waals surface area contributed by atoms with Crippen molar-refractivity contribution in [3.63, 3.8) is 0 Å². The molecule has 1 heterocycles. The van der Waals surface area contributed by atoms with E-state index in [0.717, 1.165) is 0 Å². The normalized spacial score (nSPS) is 10.4. The van der Waals surface area contributed by atoms with Crippen molar-refractivity contribution in [3.8, 4) is 0 Å². The Bertz CT molecular complexity index is 721. The molecule has 0 atom stereocenters. The maximum absolute atomic E-state index is 11.9. The molecule has 0 unspecified atom stereocenters. The minimum Gasteiger partial charge on any atom is -0.459 e. The van der Waals surface area contributed by atoms with Crippen LogP contribution in [0.2, 0.25) is 0 Å². The first-order valence-corrected chi connectivity index (χ1v) is 7.98. The summed E-state index contributed by atoms with van der Waals surface area (Å²) in [5.41, 5.74) is 1.28. The highest BCUT2D eigenvalue weighted by Gasteiger charge is 2.09. The Kier molecular flexibility index (Phi) is 6.33. The molecule has 3 N–H and O–H groups in total. The van der Waals surface area contributed by atoms with Gasteiger partial charge in [0.25, 0.3) is 5.91 Å². The fourth-order valence-electron chi connectivity index (χ4n) is 1.93. The van der Waals surface area contributed by atoms with Gasteiger partial charge in [0.1, 0.15) is 0 Å². The second-order valence-electron chi connectivity index (χ2n) is 5.75. The molecule has 132 valence electrons. The van der Waals surface area contributed by atoms with E-state index in [1.54, 1.807) is 36.4 Å². The molecule has 0 fully saturated rings. The third-order valence-electron chi connectivity index (χ3n) is 3.34. The van der Waals surface area contributed by atoms with Crippen molar-refractivity contribution in [3.05, 3.63) is 48.4 Å². The SMILES string of the molecule is CC(C)C(=O)Nc1ccc(NC(=O)CCNC(=O)c2ccco2)cc1. The molecule has 0 aliphatic carbocycles. The maximum Gasteiger partial charge on any atom is 0.286 e. The van der Waals surface area contributed by atoms with Gasteiger partial charge in [0.2, 0.25) is 11.8 Å². The number of carbonyl (C=O) groups excluding carboxylic acids is 3. The van der Waals surface area contributed by atoms with Gasteiger partial charge in [-0.2, -0.15) is 0 Å². The molecule has 1 aromatic heterocycles. The summed E-state index contributed by atoms with van der Waals surface area (Å²) < 4.78 is 4.96. The Balaban J connectivity index is 1.75. The second kappa shape index (κ2) is 8.68. The molecule has 7 heteroatoms. The monoisotopic (exact) mass is 343 g/mol. The van der Waals surface area contributed by atoms with Gasteiger partial charge in [-0.3, -0.25) is 14.4 Å². The fraction of sp³-hybridized carbons (Fsp3) is 0.278. The smallest absolute Gasteiger partial charge is 0.286 e. The number of nitrogens with one attached hydrogen (secondary N) is 3. The van der Waals surface area contributed by atoms with E-state index in [2.05, 4.69) is 16.0 Å². The quantitative estimate of drug-likeness (QED) is 0.719. The summed E-state index contributed by atoms with van der Waals surface area (Å²) in [5.74, 6) is -0.541. The van der Waals surface area contributed by atoms with Crippen molar-refractivity contribution in [1.82, 2.24) is 5.32 Å². The predicted molar refractivity (Wildman–Crippen MR) is 94.2 cm³/mol. The zero-order chi connectivity index (χ0) is 18.2. The predicted octanol–water partition coefficient (Wildman–Crippen LogP) is 2.63. The third-order valence-corrected chi connectivity index (χ3v) is 3.34. The zero-order valence-corrected chi connectivity index (χ0v) is 14.2. The lowest BCUT2D eigenvalue weighted by molar-refractivity contribution is -0.119. The van der Waals surface area contributed by atoms with E-state index in [-0.39, 0.29) is 42.4 Å². The lowest BCUT2D eigenvalue weighted by Crippen LogP contribution is -2.27. The minimum absolute atomic E-state index is 0.0657. The maximum atomic E-state index is 11.9. The largest absolute Gasteiger partial charge is 0.459 e. The molecule has 7 nitrogen and oxygen atoms in total. The van der Waals surface area contributed by atoms with Crippen molar-refractivity contribution in [2.24, 2.45) is 5.92 Å². The number of anilines is 2. The molecule has 0 spiro atoms. The Morgan fingerprint density at radius 1 is 1.00 bits per heavy atom. The van der Waals surface area contributed by atoms with Crippen LogP contribution >= 0.6 is 0 Å². The average Bonchev–Trinajstić information content (AvgIpc) is 3.11. The molecule has 1 aromatic carbocycles. The fourth-order valence-corrected chi connectivity index (χ4v) is 1.93. The van der Waals surface area contributed by atoms with Gasteiger partial charge < -0.3 is 20.4 Å². The van der Waals surface area contributed by atoms with E-state index in [9.17, 15) is 14.4 Å². The van der Waals surface area contributed by atoms with Crippen molar-refractivity contribution in [2.45, 2.75) is 20.3 Å². The number of rotatable bonds is 7. The van der Waals surface area contributed by atoms with E-state index in [4.69, 9.17) is 4.42 Å². The highest BCUT2D eigenvalue weighted by atomic mass is 16.3. The molecule has 0 saturated heterocycles. The van der Waals surface area contributed by atoms with E-state index in [0.29, 0.717) is 11.4 Å². The van der Waals surface area contributed by atoms with E-state index >= 15 is 0 Å². The Hall–Kier alpha value is -3.09. The Morgan fingerprint density at radius 2 is 1.64 bits per heavy atom. The average molecular weight is 343 g/mol. The molecule has 25 heavy (non-hydrogen) atoms. The summed E-state index contributed by atoms with van der Waals surface area (Å²) in [6.45, 7) is 3.83. The van der Waals surface area contributed by atoms with Crippen LogP contribution in [0.25, 0.3) is 0 Å². The van der Waals surface area contributed by atoms with Crippen molar-refractivity contribution in [2.75, 3.05) is 17.2 Å². The number of benzene rings is 1. The summed E-state index contributed by atoms with van der Waals surface area (Å²) in [6.07, 6.45) is 1.55. The number of amides is 3. The van der Waals surface area contributed by atoms with Crippen molar-refractivity contribution >= 4 is 29.1 Å². The molecule has 0 aliphatic heterocycles. The number of carbonyl (C=O) groups is 3. The van der Waals surface area contributed by atoms with Crippen molar-refractivity contribution < 1.29 is 18.8 Å². The molecule has 0 aliphatic rings. The van der Waals surface area contributed by atoms with Crippen LogP contribution in [0, 0.1) is 5.92 Å². The Labute approximate surface area is 145 Å².